The number of hydrogen-bond acceptors (Lipinski definition) is 3. The molecule has 1 aromatic heterocycles. The molecule has 4 heteroatoms. The highest BCUT2D eigenvalue weighted by Crippen LogP contribution is 2.21. The van der Waals surface area contributed by atoms with Crippen molar-refractivity contribution in [3.63, 3.8) is 0 Å². The van der Waals surface area contributed by atoms with Crippen LogP contribution in [0.5, 0.6) is 5.75 Å². The molecule has 0 bridgehead atoms. The zero-order valence-electron chi connectivity index (χ0n) is 12.5. The normalized spacial score (nSPS) is 10.8. The van der Waals surface area contributed by atoms with Crippen LogP contribution in [-0.2, 0) is 19.7 Å². The van der Waals surface area contributed by atoms with Crippen molar-refractivity contribution in [1.29, 1.82) is 0 Å². The number of hydrogen-bond donors (Lipinski definition) is 1. The second-order valence-corrected chi connectivity index (χ2v) is 4.88. The first-order valence-electron chi connectivity index (χ1n) is 7.17. The lowest BCUT2D eigenvalue weighted by Crippen LogP contribution is -2.13. The molecule has 0 fully saturated rings. The largest absolute Gasteiger partial charge is 0.488 e. The van der Waals surface area contributed by atoms with Gasteiger partial charge in [0.2, 0.25) is 0 Å². The van der Waals surface area contributed by atoms with Gasteiger partial charge in [-0.05, 0) is 26.5 Å². The molecule has 0 saturated heterocycles. The van der Waals surface area contributed by atoms with E-state index in [-0.39, 0.29) is 0 Å². The lowest BCUT2D eigenvalue weighted by atomic mass is 10.1. The Morgan fingerprint density at radius 1 is 1.30 bits per heavy atom. The van der Waals surface area contributed by atoms with Gasteiger partial charge in [0.1, 0.15) is 12.4 Å². The summed E-state index contributed by atoms with van der Waals surface area (Å²) in [5.41, 5.74) is 3.56. The summed E-state index contributed by atoms with van der Waals surface area (Å²) in [5, 5.41) is 7.60. The second kappa shape index (κ2) is 7.10. The van der Waals surface area contributed by atoms with E-state index in [2.05, 4.69) is 43.3 Å². The number of benzene rings is 1. The van der Waals surface area contributed by atoms with E-state index in [1.807, 2.05) is 23.1 Å². The third kappa shape index (κ3) is 3.84. The molecular weight excluding hydrogens is 250 g/mol. The lowest BCUT2D eigenvalue weighted by molar-refractivity contribution is 0.302. The Bertz CT molecular complexity index is 548. The van der Waals surface area contributed by atoms with Crippen molar-refractivity contribution in [2.45, 2.75) is 40.5 Å². The van der Waals surface area contributed by atoms with E-state index in [0.717, 1.165) is 30.9 Å². The Labute approximate surface area is 120 Å². The van der Waals surface area contributed by atoms with Crippen molar-refractivity contribution in [1.82, 2.24) is 15.1 Å². The van der Waals surface area contributed by atoms with Crippen molar-refractivity contribution in [3.8, 4) is 5.75 Å². The minimum Gasteiger partial charge on any atom is -0.488 e. The fourth-order valence-corrected chi connectivity index (χ4v) is 2.06. The van der Waals surface area contributed by atoms with Gasteiger partial charge in [-0.3, -0.25) is 4.68 Å². The van der Waals surface area contributed by atoms with Crippen LogP contribution in [0, 0.1) is 6.92 Å². The van der Waals surface area contributed by atoms with Gasteiger partial charge in [0, 0.05) is 30.4 Å². The van der Waals surface area contributed by atoms with E-state index in [1.165, 1.54) is 11.1 Å². The van der Waals surface area contributed by atoms with Crippen LogP contribution in [0.15, 0.2) is 30.6 Å². The van der Waals surface area contributed by atoms with Gasteiger partial charge < -0.3 is 10.1 Å². The topological polar surface area (TPSA) is 39.1 Å². The molecule has 20 heavy (non-hydrogen) atoms. The second-order valence-electron chi connectivity index (χ2n) is 4.88. The maximum absolute atomic E-state index is 5.94. The Hall–Kier alpha value is -1.81. The average molecular weight is 273 g/mol. The van der Waals surface area contributed by atoms with Crippen LogP contribution in [0.25, 0.3) is 0 Å². The van der Waals surface area contributed by atoms with E-state index >= 15 is 0 Å². The Kier molecular flexibility index (Phi) is 5.18. The van der Waals surface area contributed by atoms with E-state index in [1.54, 1.807) is 0 Å². The monoisotopic (exact) mass is 273 g/mol. The fraction of sp³-hybridized carbons (Fsp3) is 0.438. The smallest absolute Gasteiger partial charge is 0.124 e. The van der Waals surface area contributed by atoms with Crippen molar-refractivity contribution in [3.05, 3.63) is 47.3 Å². The minimum atomic E-state index is 0.558. The fourth-order valence-electron chi connectivity index (χ4n) is 2.06. The molecule has 0 aliphatic heterocycles. The summed E-state index contributed by atoms with van der Waals surface area (Å²) in [6.45, 7) is 9.52. The van der Waals surface area contributed by atoms with E-state index in [4.69, 9.17) is 4.74 Å². The predicted octanol–water partition coefficient (Wildman–Crippen LogP) is 2.90. The molecule has 0 saturated carbocycles. The minimum absolute atomic E-state index is 0.558. The van der Waals surface area contributed by atoms with Gasteiger partial charge >= 0.3 is 0 Å². The highest BCUT2D eigenvalue weighted by atomic mass is 16.5. The molecule has 4 nitrogen and oxygen atoms in total. The quantitative estimate of drug-likeness (QED) is 0.843. The van der Waals surface area contributed by atoms with Crippen molar-refractivity contribution >= 4 is 0 Å². The van der Waals surface area contributed by atoms with E-state index in [0.29, 0.717) is 6.61 Å². The molecule has 0 spiro atoms. The van der Waals surface area contributed by atoms with Gasteiger partial charge in [-0.25, -0.2) is 0 Å². The SMILES string of the molecule is CCNCc1cc(C)ccc1OCc1cnn(CC)c1. The van der Waals surface area contributed by atoms with Crippen molar-refractivity contribution in [2.24, 2.45) is 0 Å². The number of ether oxygens (including phenoxy) is 1. The predicted molar refractivity (Wildman–Crippen MR) is 80.8 cm³/mol. The number of aromatic nitrogens is 2. The average Bonchev–Trinajstić information content (AvgIpc) is 2.92. The zero-order valence-corrected chi connectivity index (χ0v) is 12.5. The Morgan fingerprint density at radius 3 is 2.85 bits per heavy atom. The van der Waals surface area contributed by atoms with Gasteiger partial charge in [-0.1, -0.05) is 24.6 Å². The van der Waals surface area contributed by atoms with Crippen LogP contribution >= 0.6 is 0 Å². The third-order valence-corrected chi connectivity index (χ3v) is 3.19. The molecule has 0 radical (unpaired) electrons. The molecule has 2 aromatic rings. The van der Waals surface area contributed by atoms with Gasteiger partial charge in [0.25, 0.3) is 0 Å². The van der Waals surface area contributed by atoms with Crippen molar-refractivity contribution < 1.29 is 4.74 Å². The number of rotatable bonds is 7. The van der Waals surface area contributed by atoms with Crippen LogP contribution in [0.3, 0.4) is 0 Å². The maximum atomic E-state index is 5.94. The van der Waals surface area contributed by atoms with Crippen LogP contribution in [0.2, 0.25) is 0 Å². The third-order valence-electron chi connectivity index (χ3n) is 3.19. The molecular formula is C16H23N3O. The molecule has 108 valence electrons. The first-order valence-corrected chi connectivity index (χ1v) is 7.17. The first kappa shape index (κ1) is 14.6. The first-order chi connectivity index (χ1) is 9.72. The molecule has 0 aliphatic carbocycles. The molecule has 1 aromatic carbocycles. The van der Waals surface area contributed by atoms with Crippen LogP contribution < -0.4 is 10.1 Å². The molecule has 0 aliphatic rings. The summed E-state index contributed by atoms with van der Waals surface area (Å²) in [5.74, 6) is 0.945. The zero-order chi connectivity index (χ0) is 14.4. The maximum Gasteiger partial charge on any atom is 0.124 e. The molecule has 0 amide bonds. The summed E-state index contributed by atoms with van der Waals surface area (Å²) in [4.78, 5) is 0. The van der Waals surface area contributed by atoms with Gasteiger partial charge in [0.05, 0.1) is 6.20 Å². The molecule has 0 atom stereocenters. The van der Waals surface area contributed by atoms with Crippen LogP contribution in [-0.4, -0.2) is 16.3 Å². The molecule has 0 unspecified atom stereocenters. The standard InChI is InChI=1S/C16H23N3O/c1-4-17-10-15-8-13(3)6-7-16(15)20-12-14-9-18-19(5-2)11-14/h6-9,11,17H,4-5,10,12H2,1-3H3. The number of nitrogens with one attached hydrogen (secondary N) is 1. The van der Waals surface area contributed by atoms with Crippen molar-refractivity contribution in [2.75, 3.05) is 6.54 Å². The summed E-state index contributed by atoms with van der Waals surface area (Å²) < 4.78 is 7.85. The van der Waals surface area contributed by atoms with E-state index < -0.39 is 0 Å². The molecule has 1 N–H and O–H groups in total. The van der Waals surface area contributed by atoms with Crippen LogP contribution in [0.4, 0.5) is 0 Å². The molecule has 2 rings (SSSR count). The Balaban J connectivity index is 2.04. The summed E-state index contributed by atoms with van der Waals surface area (Å²) in [6, 6.07) is 6.31. The van der Waals surface area contributed by atoms with Gasteiger partial charge in [-0.15, -0.1) is 0 Å². The lowest BCUT2D eigenvalue weighted by Gasteiger charge is -2.12. The number of nitrogens with zero attached hydrogens (tertiary/aromatic N) is 2. The molecule has 1 heterocycles. The summed E-state index contributed by atoms with van der Waals surface area (Å²) in [7, 11) is 0. The van der Waals surface area contributed by atoms with Gasteiger partial charge in [0.15, 0.2) is 0 Å². The summed E-state index contributed by atoms with van der Waals surface area (Å²) >= 11 is 0. The highest BCUT2D eigenvalue weighted by Gasteiger charge is 2.05. The number of aryl methyl sites for hydroxylation is 2. The van der Waals surface area contributed by atoms with E-state index in [9.17, 15) is 0 Å². The van der Waals surface area contributed by atoms with Crippen LogP contribution in [0.1, 0.15) is 30.5 Å². The Morgan fingerprint density at radius 2 is 2.15 bits per heavy atom. The highest BCUT2D eigenvalue weighted by molar-refractivity contribution is 5.37. The van der Waals surface area contributed by atoms with Gasteiger partial charge in [-0.2, -0.15) is 5.10 Å². The summed E-state index contributed by atoms with van der Waals surface area (Å²) in [6.07, 6.45) is 3.89.